The number of unbranched alkanes of at least 4 members (excludes halogenated alkanes) is 1. The fourth-order valence-electron chi connectivity index (χ4n) is 4.87. The zero-order valence-corrected chi connectivity index (χ0v) is 19.2. The Kier molecular flexibility index (Phi) is 6.40. The topological polar surface area (TPSA) is 65.0 Å². The number of allylic oxidation sites excluding steroid dienone is 1. The molecule has 30 heavy (non-hydrogen) atoms. The van der Waals surface area contributed by atoms with Crippen LogP contribution in [-0.4, -0.2) is 30.4 Å². The van der Waals surface area contributed by atoms with Crippen molar-refractivity contribution < 1.29 is 24.1 Å². The zero-order valence-electron chi connectivity index (χ0n) is 19.2. The first-order valence-corrected chi connectivity index (χ1v) is 11.1. The molecule has 0 saturated heterocycles. The van der Waals surface area contributed by atoms with Crippen molar-refractivity contribution in [1.82, 2.24) is 0 Å². The van der Waals surface area contributed by atoms with E-state index in [1.165, 1.54) is 5.57 Å². The first kappa shape index (κ1) is 22.5. The van der Waals surface area contributed by atoms with Crippen LogP contribution in [0.3, 0.4) is 0 Å². The van der Waals surface area contributed by atoms with E-state index in [2.05, 4.69) is 20.8 Å². The first-order valence-electron chi connectivity index (χ1n) is 11.1. The van der Waals surface area contributed by atoms with Gasteiger partial charge in [0.05, 0.1) is 25.4 Å². The van der Waals surface area contributed by atoms with Crippen LogP contribution in [0.15, 0.2) is 24.0 Å². The standard InChI is InChI=1S/C25H36O5/c1-7-8-11-29-23(27)24(2,3)17-13-20(26)22-18-12-16(15-28-6)9-10-19(18)25(4,5)30-21(22)14-17/h13-15,18-19,26H,7-12H2,1-6H3/t18?,19-/m1/s1. The van der Waals surface area contributed by atoms with Crippen molar-refractivity contribution in [2.45, 2.75) is 83.7 Å². The molecule has 5 nitrogen and oxygen atoms in total. The van der Waals surface area contributed by atoms with E-state index in [1.807, 2.05) is 26.2 Å². The lowest BCUT2D eigenvalue weighted by Gasteiger charge is -2.48. The Morgan fingerprint density at radius 3 is 2.77 bits per heavy atom. The minimum Gasteiger partial charge on any atom is -0.508 e. The summed E-state index contributed by atoms with van der Waals surface area (Å²) in [6.07, 6.45) is 6.45. The number of hydrogen-bond acceptors (Lipinski definition) is 5. The normalized spacial score (nSPS) is 23.9. The molecule has 1 N–H and O–H groups in total. The predicted octanol–water partition coefficient (Wildman–Crippen LogP) is 5.60. The molecule has 2 atom stereocenters. The van der Waals surface area contributed by atoms with Crippen LogP contribution in [0.5, 0.6) is 11.5 Å². The Labute approximate surface area is 180 Å². The van der Waals surface area contributed by atoms with Crippen molar-refractivity contribution in [3.05, 3.63) is 35.1 Å². The predicted molar refractivity (Wildman–Crippen MR) is 117 cm³/mol. The quantitative estimate of drug-likeness (QED) is 0.372. The summed E-state index contributed by atoms with van der Waals surface area (Å²) in [7, 11) is 1.67. The van der Waals surface area contributed by atoms with Gasteiger partial charge in [0.1, 0.15) is 17.1 Å². The molecule has 0 amide bonds. The van der Waals surface area contributed by atoms with Crippen molar-refractivity contribution in [1.29, 1.82) is 0 Å². The van der Waals surface area contributed by atoms with Gasteiger partial charge in [0.15, 0.2) is 0 Å². The smallest absolute Gasteiger partial charge is 0.315 e. The van der Waals surface area contributed by atoms with E-state index >= 15 is 0 Å². The number of methoxy groups -OCH3 is 1. The molecule has 3 rings (SSSR count). The van der Waals surface area contributed by atoms with Gasteiger partial charge in [0, 0.05) is 17.4 Å². The van der Waals surface area contributed by atoms with E-state index in [9.17, 15) is 9.90 Å². The number of ether oxygens (including phenoxy) is 3. The van der Waals surface area contributed by atoms with Gasteiger partial charge in [-0.05, 0) is 76.6 Å². The van der Waals surface area contributed by atoms with E-state index in [0.29, 0.717) is 23.8 Å². The van der Waals surface area contributed by atoms with Crippen molar-refractivity contribution >= 4 is 5.97 Å². The van der Waals surface area contributed by atoms with Crippen LogP contribution in [0.25, 0.3) is 0 Å². The average Bonchev–Trinajstić information content (AvgIpc) is 2.67. The van der Waals surface area contributed by atoms with E-state index in [-0.39, 0.29) is 23.2 Å². The summed E-state index contributed by atoms with van der Waals surface area (Å²) in [6, 6.07) is 3.63. The third kappa shape index (κ3) is 4.17. The minimum atomic E-state index is -0.877. The molecule has 1 aliphatic carbocycles. The summed E-state index contributed by atoms with van der Waals surface area (Å²) in [4.78, 5) is 12.7. The average molecular weight is 417 g/mol. The van der Waals surface area contributed by atoms with Crippen LogP contribution in [0.2, 0.25) is 0 Å². The van der Waals surface area contributed by atoms with Crippen molar-refractivity contribution in [2.75, 3.05) is 13.7 Å². The molecule has 166 valence electrons. The minimum absolute atomic E-state index is 0.160. The second-order valence-corrected chi connectivity index (χ2v) is 9.69. The summed E-state index contributed by atoms with van der Waals surface area (Å²) < 4.78 is 17.1. The monoisotopic (exact) mass is 416 g/mol. The lowest BCUT2D eigenvalue weighted by Crippen LogP contribution is -2.46. The molecule has 0 spiro atoms. The number of rotatable bonds is 6. The lowest BCUT2D eigenvalue weighted by molar-refractivity contribution is -0.149. The summed E-state index contributed by atoms with van der Waals surface area (Å²) in [5, 5.41) is 11.0. The fraction of sp³-hybridized carbons (Fsp3) is 0.640. The molecule has 1 unspecified atom stereocenters. The second kappa shape index (κ2) is 8.52. The Bertz CT molecular complexity index is 821. The van der Waals surface area contributed by atoms with Crippen molar-refractivity contribution in [2.24, 2.45) is 5.92 Å². The van der Waals surface area contributed by atoms with Gasteiger partial charge in [0.25, 0.3) is 0 Å². The molecule has 1 heterocycles. The maximum Gasteiger partial charge on any atom is 0.315 e. The molecule has 1 aromatic carbocycles. The van der Waals surface area contributed by atoms with Gasteiger partial charge in [0.2, 0.25) is 0 Å². The summed E-state index contributed by atoms with van der Waals surface area (Å²) in [5.74, 6) is 1.05. The highest BCUT2D eigenvalue weighted by atomic mass is 16.5. The molecule has 0 bridgehead atoms. The molecule has 1 aromatic rings. The lowest BCUT2D eigenvalue weighted by atomic mass is 9.65. The van der Waals surface area contributed by atoms with Crippen LogP contribution in [0, 0.1) is 5.92 Å². The largest absolute Gasteiger partial charge is 0.508 e. The van der Waals surface area contributed by atoms with Crippen LogP contribution in [0.1, 0.15) is 83.8 Å². The highest BCUT2D eigenvalue weighted by Crippen LogP contribution is 2.55. The Morgan fingerprint density at radius 1 is 1.37 bits per heavy atom. The number of benzene rings is 1. The van der Waals surface area contributed by atoms with Gasteiger partial charge in [-0.2, -0.15) is 0 Å². The third-order valence-corrected chi connectivity index (χ3v) is 6.75. The number of hydrogen-bond donors (Lipinski definition) is 1. The molecule has 2 aliphatic rings. The zero-order chi connectivity index (χ0) is 22.1. The SMILES string of the molecule is CCCCOC(=O)C(C)(C)c1cc(O)c2c(c1)OC(C)(C)[C@@H]1CCC(=COC)CC21. The van der Waals surface area contributed by atoms with Crippen molar-refractivity contribution in [3.63, 3.8) is 0 Å². The van der Waals surface area contributed by atoms with E-state index < -0.39 is 5.41 Å². The maximum atomic E-state index is 12.7. The molecular formula is C25H36O5. The fourth-order valence-corrected chi connectivity index (χ4v) is 4.87. The number of fused-ring (bicyclic) bond motifs is 3. The molecule has 0 aromatic heterocycles. The van der Waals surface area contributed by atoms with Crippen LogP contribution >= 0.6 is 0 Å². The van der Waals surface area contributed by atoms with Gasteiger partial charge in [-0.15, -0.1) is 0 Å². The number of esters is 1. The number of phenols is 1. The number of carbonyl (C=O) groups is 1. The second-order valence-electron chi connectivity index (χ2n) is 9.69. The molecular weight excluding hydrogens is 380 g/mol. The first-order chi connectivity index (χ1) is 14.1. The van der Waals surface area contributed by atoms with Gasteiger partial charge in [-0.3, -0.25) is 4.79 Å². The van der Waals surface area contributed by atoms with Crippen molar-refractivity contribution in [3.8, 4) is 11.5 Å². The number of phenolic OH excluding ortho intramolecular Hbond substituents is 1. The molecule has 0 radical (unpaired) electrons. The van der Waals surface area contributed by atoms with Gasteiger partial charge >= 0.3 is 5.97 Å². The summed E-state index contributed by atoms with van der Waals surface area (Å²) >= 11 is 0. The van der Waals surface area contributed by atoms with Gasteiger partial charge < -0.3 is 19.3 Å². The highest BCUT2D eigenvalue weighted by molar-refractivity contribution is 5.82. The molecule has 5 heteroatoms. The van der Waals surface area contributed by atoms with E-state index in [4.69, 9.17) is 14.2 Å². The molecule has 1 saturated carbocycles. The Hall–Kier alpha value is -2.17. The third-order valence-electron chi connectivity index (χ3n) is 6.75. The highest BCUT2D eigenvalue weighted by Gasteiger charge is 2.47. The van der Waals surface area contributed by atoms with E-state index in [0.717, 1.165) is 37.7 Å². The molecule has 1 aliphatic heterocycles. The van der Waals surface area contributed by atoms with Crippen LogP contribution < -0.4 is 4.74 Å². The van der Waals surface area contributed by atoms with Crippen LogP contribution in [-0.2, 0) is 19.7 Å². The van der Waals surface area contributed by atoms with Crippen LogP contribution in [0.4, 0.5) is 0 Å². The Balaban J connectivity index is 1.98. The van der Waals surface area contributed by atoms with E-state index in [1.54, 1.807) is 13.2 Å². The summed E-state index contributed by atoms with van der Waals surface area (Å²) in [5.41, 5.74) is 1.58. The van der Waals surface area contributed by atoms with Gasteiger partial charge in [-0.25, -0.2) is 0 Å². The van der Waals surface area contributed by atoms with Gasteiger partial charge in [-0.1, -0.05) is 13.3 Å². The number of aromatic hydroxyl groups is 1. The Morgan fingerprint density at radius 2 is 2.10 bits per heavy atom. The maximum absolute atomic E-state index is 12.7. The molecule has 1 fully saturated rings. The summed E-state index contributed by atoms with van der Waals surface area (Å²) in [6.45, 7) is 10.4. The number of carbonyl (C=O) groups excluding carboxylic acids is 1.